The summed E-state index contributed by atoms with van der Waals surface area (Å²) in [6.07, 6.45) is 4.89. The van der Waals surface area contributed by atoms with Gasteiger partial charge in [0.25, 0.3) is 5.78 Å². The molecule has 1 N–H and O–H groups in total. The summed E-state index contributed by atoms with van der Waals surface area (Å²) < 4.78 is 11.4. The fourth-order valence-electron chi connectivity index (χ4n) is 3.69. The molecule has 1 unspecified atom stereocenters. The number of carbonyl (C=O) groups is 2. The third-order valence-corrected chi connectivity index (χ3v) is 6.22. The topological polar surface area (TPSA) is 115 Å². The van der Waals surface area contributed by atoms with Crippen LogP contribution in [0.1, 0.15) is 41.9 Å². The summed E-state index contributed by atoms with van der Waals surface area (Å²) in [5.74, 6) is -0.890. The largest absolute Gasteiger partial charge is 0.507 e. The molecule has 3 aromatic rings. The van der Waals surface area contributed by atoms with E-state index in [-0.39, 0.29) is 16.5 Å². The van der Waals surface area contributed by atoms with Gasteiger partial charge in [0.2, 0.25) is 5.13 Å². The summed E-state index contributed by atoms with van der Waals surface area (Å²) in [5.41, 5.74) is 0.881. The average molecular weight is 481 g/mol. The van der Waals surface area contributed by atoms with E-state index in [2.05, 4.69) is 22.1 Å². The highest BCUT2D eigenvalue weighted by Crippen LogP contribution is 2.44. The lowest BCUT2D eigenvalue weighted by molar-refractivity contribution is -0.132. The maximum Gasteiger partial charge on any atom is 0.301 e. The van der Waals surface area contributed by atoms with Crippen molar-refractivity contribution in [2.75, 3.05) is 18.6 Å². The highest BCUT2D eigenvalue weighted by molar-refractivity contribution is 7.15. The number of rotatable bonds is 8. The van der Waals surface area contributed by atoms with E-state index in [1.807, 2.05) is 0 Å². The normalized spacial score (nSPS) is 17.3. The van der Waals surface area contributed by atoms with Crippen LogP contribution in [-0.4, -0.2) is 45.7 Å². The maximum atomic E-state index is 13.2. The van der Waals surface area contributed by atoms with Crippen LogP contribution in [0.2, 0.25) is 0 Å². The monoisotopic (exact) mass is 480 g/mol. The first-order valence-electron chi connectivity index (χ1n) is 10.8. The first-order chi connectivity index (χ1) is 16.5. The van der Waals surface area contributed by atoms with Crippen molar-refractivity contribution in [3.63, 3.8) is 0 Å². The van der Waals surface area contributed by atoms with Crippen LogP contribution in [0.5, 0.6) is 11.5 Å². The predicted molar refractivity (Wildman–Crippen MR) is 127 cm³/mol. The van der Waals surface area contributed by atoms with Crippen LogP contribution in [0.15, 0.2) is 48.3 Å². The zero-order valence-corrected chi connectivity index (χ0v) is 19.8. The molecule has 1 aliphatic rings. The third kappa shape index (κ3) is 4.36. The second-order valence-electron chi connectivity index (χ2n) is 7.62. The molecule has 3 heterocycles. The smallest absolute Gasteiger partial charge is 0.301 e. The third-order valence-electron chi connectivity index (χ3n) is 5.38. The number of amides is 1. The number of unbranched alkanes of at least 4 members (excludes halogenated alkanes) is 1. The fraction of sp³-hybridized carbons (Fsp3) is 0.292. The van der Waals surface area contributed by atoms with Gasteiger partial charge in [-0.2, -0.15) is 0 Å². The molecule has 1 aliphatic heterocycles. The number of hydrogen-bond acceptors (Lipinski definition) is 9. The number of benzene rings is 1. The zero-order chi connectivity index (χ0) is 24.2. The van der Waals surface area contributed by atoms with Crippen molar-refractivity contribution in [3.05, 3.63) is 64.4 Å². The highest BCUT2D eigenvalue weighted by Gasteiger charge is 2.48. The van der Waals surface area contributed by atoms with Crippen LogP contribution in [0.3, 0.4) is 0 Å². The van der Waals surface area contributed by atoms with E-state index < -0.39 is 17.7 Å². The Hall–Kier alpha value is -3.79. The Morgan fingerprint density at radius 2 is 1.91 bits per heavy atom. The second kappa shape index (κ2) is 10.0. The molecule has 1 saturated heterocycles. The summed E-state index contributed by atoms with van der Waals surface area (Å²) >= 11 is 1.19. The minimum Gasteiger partial charge on any atom is -0.507 e. The van der Waals surface area contributed by atoms with Crippen LogP contribution >= 0.6 is 11.3 Å². The number of carbonyl (C=O) groups excluding carboxylic acids is 2. The lowest BCUT2D eigenvalue weighted by Crippen LogP contribution is -2.29. The van der Waals surface area contributed by atoms with Crippen molar-refractivity contribution in [1.82, 2.24) is 15.2 Å². The van der Waals surface area contributed by atoms with Gasteiger partial charge in [-0.05, 0) is 43.2 Å². The van der Waals surface area contributed by atoms with E-state index in [9.17, 15) is 14.7 Å². The minimum atomic E-state index is -0.931. The van der Waals surface area contributed by atoms with Gasteiger partial charge in [0, 0.05) is 18.0 Å². The summed E-state index contributed by atoms with van der Waals surface area (Å²) in [5, 5.41) is 20.1. The van der Waals surface area contributed by atoms with E-state index in [4.69, 9.17) is 9.47 Å². The van der Waals surface area contributed by atoms with Gasteiger partial charge in [0.05, 0.1) is 25.3 Å². The van der Waals surface area contributed by atoms with Crippen LogP contribution in [-0.2, 0) is 9.59 Å². The van der Waals surface area contributed by atoms with Crippen LogP contribution in [0.25, 0.3) is 5.76 Å². The Balaban J connectivity index is 1.87. The molecule has 9 nitrogen and oxygen atoms in total. The Labute approximate surface area is 200 Å². The van der Waals surface area contributed by atoms with Gasteiger partial charge in [0.15, 0.2) is 11.5 Å². The number of pyridine rings is 1. The lowest BCUT2D eigenvalue weighted by atomic mass is 9.95. The first-order valence-corrected chi connectivity index (χ1v) is 11.6. The maximum absolute atomic E-state index is 13.2. The fourth-order valence-corrected chi connectivity index (χ4v) is 4.41. The standard InChI is InChI=1S/C24H24N4O5S/c1-4-5-12-33-17-7-6-16(13-18(17)32-3)20-19(21(29)15-8-10-25-11-9-15)22(30)23(31)28(20)24-27-26-14(2)34-24/h6-11,13,20,29H,4-5,12H2,1-3H3. The van der Waals surface area contributed by atoms with Gasteiger partial charge < -0.3 is 14.6 Å². The number of methoxy groups -OCH3 is 1. The van der Waals surface area contributed by atoms with Crippen molar-refractivity contribution in [2.24, 2.45) is 0 Å². The van der Waals surface area contributed by atoms with E-state index >= 15 is 0 Å². The zero-order valence-electron chi connectivity index (χ0n) is 19.0. The van der Waals surface area contributed by atoms with Crippen molar-refractivity contribution < 1.29 is 24.2 Å². The number of ether oxygens (including phenoxy) is 2. The average Bonchev–Trinajstić information content (AvgIpc) is 3.39. The van der Waals surface area contributed by atoms with Crippen LogP contribution in [0.4, 0.5) is 5.13 Å². The quantitative estimate of drug-likeness (QED) is 0.222. The number of aryl methyl sites for hydroxylation is 1. The molecule has 0 saturated carbocycles. The molecule has 1 aromatic carbocycles. The molecule has 0 bridgehead atoms. The molecule has 34 heavy (non-hydrogen) atoms. The van der Waals surface area contributed by atoms with Crippen molar-refractivity contribution in [3.8, 4) is 11.5 Å². The molecule has 1 atom stereocenters. The Kier molecular flexibility index (Phi) is 6.87. The summed E-state index contributed by atoms with van der Waals surface area (Å²) in [7, 11) is 1.52. The van der Waals surface area contributed by atoms with Crippen LogP contribution < -0.4 is 14.4 Å². The minimum absolute atomic E-state index is 0.0502. The molecule has 176 valence electrons. The molecule has 0 aliphatic carbocycles. The number of hydrogen-bond donors (Lipinski definition) is 1. The van der Waals surface area contributed by atoms with Gasteiger partial charge in [0.1, 0.15) is 10.8 Å². The molecule has 4 rings (SSSR count). The lowest BCUT2D eigenvalue weighted by Gasteiger charge is -2.23. The van der Waals surface area contributed by atoms with Crippen molar-refractivity contribution in [2.45, 2.75) is 32.7 Å². The van der Waals surface area contributed by atoms with E-state index in [1.165, 1.54) is 35.7 Å². The van der Waals surface area contributed by atoms with Gasteiger partial charge in [-0.15, -0.1) is 10.2 Å². The van der Waals surface area contributed by atoms with Gasteiger partial charge in [-0.25, -0.2) is 0 Å². The number of ketones is 1. The number of Topliss-reactive ketones (excluding diaryl/α,β-unsaturated/α-hetero) is 1. The molecule has 2 aromatic heterocycles. The predicted octanol–water partition coefficient (Wildman–Crippen LogP) is 4.06. The highest BCUT2D eigenvalue weighted by atomic mass is 32.1. The number of aliphatic hydroxyl groups is 1. The molecule has 0 spiro atoms. The number of aliphatic hydroxyl groups excluding tert-OH is 1. The first kappa shape index (κ1) is 23.4. The molecule has 1 fully saturated rings. The number of nitrogens with zero attached hydrogens (tertiary/aromatic N) is 4. The van der Waals surface area contributed by atoms with Crippen molar-refractivity contribution in [1.29, 1.82) is 0 Å². The van der Waals surface area contributed by atoms with Crippen molar-refractivity contribution >= 4 is 33.9 Å². The second-order valence-corrected chi connectivity index (χ2v) is 8.78. The number of aromatic nitrogens is 3. The Morgan fingerprint density at radius 1 is 1.15 bits per heavy atom. The van der Waals surface area contributed by atoms with Crippen LogP contribution in [0, 0.1) is 6.92 Å². The summed E-state index contributed by atoms with van der Waals surface area (Å²) in [6, 6.07) is 7.40. The van der Waals surface area contributed by atoms with Gasteiger partial charge in [-0.1, -0.05) is 30.7 Å². The molecular formula is C24H24N4O5S. The molecule has 0 radical (unpaired) electrons. The van der Waals surface area contributed by atoms with Gasteiger partial charge >= 0.3 is 5.91 Å². The van der Waals surface area contributed by atoms with E-state index in [0.717, 1.165) is 12.8 Å². The molecular weight excluding hydrogens is 456 g/mol. The number of anilines is 1. The van der Waals surface area contributed by atoms with E-state index in [1.54, 1.807) is 37.3 Å². The Bertz CT molecular complexity index is 1240. The molecule has 1 amide bonds. The summed E-state index contributed by atoms with van der Waals surface area (Å²) in [6.45, 7) is 4.37. The van der Waals surface area contributed by atoms with E-state index in [0.29, 0.717) is 34.2 Å². The molecule has 10 heteroatoms. The Morgan fingerprint density at radius 3 is 2.56 bits per heavy atom. The summed E-state index contributed by atoms with van der Waals surface area (Å²) in [4.78, 5) is 31.5. The van der Waals surface area contributed by atoms with Gasteiger partial charge in [-0.3, -0.25) is 19.5 Å². The SMILES string of the molecule is CCCCOc1ccc(C2C(=C(O)c3ccncc3)C(=O)C(=O)N2c2nnc(C)s2)cc1OC.